The number of para-hydroxylation sites is 1. The van der Waals surface area contributed by atoms with E-state index < -0.39 is 12.2 Å². The van der Waals surface area contributed by atoms with Crippen molar-refractivity contribution >= 4 is 11.5 Å². The van der Waals surface area contributed by atoms with Gasteiger partial charge in [-0.2, -0.15) is 0 Å². The average Bonchev–Trinajstić information content (AvgIpc) is 2.39. The minimum atomic E-state index is -2.70. The lowest BCUT2D eigenvalue weighted by atomic mass is 10.00. The van der Waals surface area contributed by atoms with Crippen molar-refractivity contribution in [3.05, 3.63) is 59.4 Å². The first-order chi connectivity index (χ1) is 8.61. The van der Waals surface area contributed by atoms with Crippen molar-refractivity contribution in [2.75, 3.05) is 5.73 Å². The van der Waals surface area contributed by atoms with E-state index in [1.165, 1.54) is 42.7 Å². The summed E-state index contributed by atoms with van der Waals surface area (Å²) >= 11 is 0. The highest BCUT2D eigenvalue weighted by Crippen LogP contribution is 2.28. The second-order valence-corrected chi connectivity index (χ2v) is 3.67. The van der Waals surface area contributed by atoms with Crippen LogP contribution in [0.5, 0.6) is 0 Å². The first-order valence-corrected chi connectivity index (χ1v) is 5.22. The Balaban J connectivity index is 2.47. The lowest BCUT2D eigenvalue weighted by Crippen LogP contribution is -2.08. The number of ketones is 1. The van der Waals surface area contributed by atoms with Crippen LogP contribution in [0.4, 0.5) is 14.5 Å². The topological polar surface area (TPSA) is 56.0 Å². The average molecular weight is 248 g/mol. The fourth-order valence-electron chi connectivity index (χ4n) is 1.63. The monoisotopic (exact) mass is 248 g/mol. The van der Waals surface area contributed by atoms with Crippen molar-refractivity contribution in [2.24, 2.45) is 0 Å². The van der Waals surface area contributed by atoms with Gasteiger partial charge in [-0.3, -0.25) is 9.78 Å². The molecule has 0 aliphatic carbocycles. The summed E-state index contributed by atoms with van der Waals surface area (Å²) in [7, 11) is 0. The van der Waals surface area contributed by atoms with Crippen molar-refractivity contribution in [3.63, 3.8) is 0 Å². The second kappa shape index (κ2) is 4.91. The fourth-order valence-corrected chi connectivity index (χ4v) is 1.63. The Morgan fingerprint density at radius 3 is 2.44 bits per heavy atom. The Hall–Kier alpha value is -2.30. The zero-order valence-electron chi connectivity index (χ0n) is 9.31. The van der Waals surface area contributed by atoms with Crippen LogP contribution in [0.3, 0.4) is 0 Å². The van der Waals surface area contributed by atoms with Gasteiger partial charge < -0.3 is 5.73 Å². The Labute approximate surface area is 102 Å². The van der Waals surface area contributed by atoms with E-state index in [1.54, 1.807) is 0 Å². The molecule has 5 heteroatoms. The van der Waals surface area contributed by atoms with Crippen LogP contribution < -0.4 is 5.73 Å². The Bertz CT molecular complexity index is 570. The highest BCUT2D eigenvalue weighted by atomic mass is 19.3. The number of alkyl halides is 2. The van der Waals surface area contributed by atoms with Gasteiger partial charge in [0.2, 0.25) is 0 Å². The van der Waals surface area contributed by atoms with Gasteiger partial charge in [0.05, 0.1) is 5.69 Å². The summed E-state index contributed by atoms with van der Waals surface area (Å²) in [5.41, 5.74) is 5.56. The number of benzene rings is 1. The van der Waals surface area contributed by atoms with Gasteiger partial charge in [0.1, 0.15) is 0 Å². The van der Waals surface area contributed by atoms with Gasteiger partial charge in [0.25, 0.3) is 6.43 Å². The number of carbonyl (C=O) groups is 1. The zero-order valence-corrected chi connectivity index (χ0v) is 9.31. The highest BCUT2D eigenvalue weighted by molar-refractivity contribution is 6.12. The van der Waals surface area contributed by atoms with E-state index in [2.05, 4.69) is 4.98 Å². The van der Waals surface area contributed by atoms with Crippen LogP contribution in [-0.4, -0.2) is 10.8 Å². The lowest BCUT2D eigenvalue weighted by Gasteiger charge is -2.09. The molecule has 0 spiro atoms. The predicted molar refractivity (Wildman–Crippen MR) is 63.5 cm³/mol. The van der Waals surface area contributed by atoms with Gasteiger partial charge in [-0.15, -0.1) is 0 Å². The molecule has 1 aromatic carbocycles. The van der Waals surface area contributed by atoms with Crippen molar-refractivity contribution in [1.29, 1.82) is 0 Å². The molecule has 2 rings (SSSR count). The van der Waals surface area contributed by atoms with Gasteiger partial charge in [0.15, 0.2) is 5.78 Å². The van der Waals surface area contributed by atoms with Crippen LogP contribution in [0.15, 0.2) is 42.7 Å². The van der Waals surface area contributed by atoms with Crippen LogP contribution in [0.1, 0.15) is 27.9 Å². The van der Waals surface area contributed by atoms with Gasteiger partial charge in [-0.25, -0.2) is 8.78 Å². The first kappa shape index (κ1) is 12.2. The maximum Gasteiger partial charge on any atom is 0.265 e. The number of hydrogen-bond donors (Lipinski definition) is 1. The molecule has 0 saturated carbocycles. The van der Waals surface area contributed by atoms with Crippen LogP contribution >= 0.6 is 0 Å². The van der Waals surface area contributed by atoms with E-state index in [-0.39, 0.29) is 16.8 Å². The molecule has 0 atom stereocenters. The van der Waals surface area contributed by atoms with Crippen LogP contribution in [0.2, 0.25) is 0 Å². The van der Waals surface area contributed by atoms with E-state index in [0.29, 0.717) is 5.56 Å². The summed E-state index contributed by atoms with van der Waals surface area (Å²) in [6, 6.07) is 7.06. The normalized spacial score (nSPS) is 10.6. The molecular weight excluding hydrogens is 238 g/mol. The Morgan fingerprint density at radius 2 is 1.83 bits per heavy atom. The molecule has 0 amide bonds. The number of nitrogens with two attached hydrogens (primary N) is 1. The second-order valence-electron chi connectivity index (χ2n) is 3.67. The quantitative estimate of drug-likeness (QED) is 0.671. The molecule has 0 radical (unpaired) electrons. The van der Waals surface area contributed by atoms with E-state index >= 15 is 0 Å². The molecule has 18 heavy (non-hydrogen) atoms. The molecule has 1 heterocycles. The smallest absolute Gasteiger partial charge is 0.265 e. The van der Waals surface area contributed by atoms with Gasteiger partial charge in [-0.05, 0) is 18.2 Å². The van der Waals surface area contributed by atoms with Gasteiger partial charge in [-0.1, -0.05) is 12.1 Å². The lowest BCUT2D eigenvalue weighted by molar-refractivity contribution is 0.103. The van der Waals surface area contributed by atoms with E-state index in [9.17, 15) is 13.6 Å². The number of rotatable bonds is 3. The number of aromatic nitrogens is 1. The summed E-state index contributed by atoms with van der Waals surface area (Å²) in [5, 5.41) is 0. The molecular formula is C13H10F2N2O. The van der Waals surface area contributed by atoms with Gasteiger partial charge >= 0.3 is 0 Å². The van der Waals surface area contributed by atoms with Crippen molar-refractivity contribution in [1.82, 2.24) is 4.98 Å². The minimum absolute atomic E-state index is 0.0824. The van der Waals surface area contributed by atoms with Crippen molar-refractivity contribution < 1.29 is 13.6 Å². The molecule has 2 aromatic rings. The zero-order chi connectivity index (χ0) is 13.1. The number of nitrogen functional groups attached to an aromatic ring is 1. The highest BCUT2D eigenvalue weighted by Gasteiger charge is 2.18. The van der Waals surface area contributed by atoms with Crippen LogP contribution in [0, 0.1) is 0 Å². The molecule has 0 saturated heterocycles. The number of carbonyl (C=O) groups excluding carboxylic acids is 1. The van der Waals surface area contributed by atoms with E-state index in [1.807, 2.05) is 0 Å². The number of hydrogen-bond acceptors (Lipinski definition) is 3. The number of halogens is 2. The third-order valence-electron chi connectivity index (χ3n) is 2.56. The molecule has 0 fully saturated rings. The van der Waals surface area contributed by atoms with Crippen LogP contribution in [-0.2, 0) is 0 Å². The first-order valence-electron chi connectivity index (χ1n) is 5.22. The largest absolute Gasteiger partial charge is 0.398 e. The molecule has 92 valence electrons. The van der Waals surface area contributed by atoms with Crippen LogP contribution in [0.25, 0.3) is 0 Å². The number of pyridine rings is 1. The maximum absolute atomic E-state index is 12.7. The Kier molecular flexibility index (Phi) is 3.32. The summed E-state index contributed by atoms with van der Waals surface area (Å²) in [6.45, 7) is 0. The molecule has 1 aromatic heterocycles. The van der Waals surface area contributed by atoms with Crippen molar-refractivity contribution in [2.45, 2.75) is 6.43 Å². The molecule has 0 bridgehead atoms. The summed E-state index contributed by atoms with van der Waals surface area (Å²) in [5.74, 6) is -0.391. The Morgan fingerprint density at radius 1 is 1.17 bits per heavy atom. The SMILES string of the molecule is Nc1c(C(=O)c2ccncc2)cccc1C(F)F. The molecule has 2 N–H and O–H groups in total. The number of nitrogens with zero attached hydrogens (tertiary/aromatic N) is 1. The standard InChI is InChI=1S/C13H10F2N2O/c14-13(15)10-3-1-2-9(11(10)16)12(18)8-4-6-17-7-5-8/h1-7,13H,16H2. The molecule has 0 unspecified atom stereocenters. The minimum Gasteiger partial charge on any atom is -0.398 e. The van der Waals surface area contributed by atoms with Gasteiger partial charge in [0, 0.05) is 29.1 Å². The van der Waals surface area contributed by atoms with Crippen molar-refractivity contribution in [3.8, 4) is 0 Å². The maximum atomic E-state index is 12.7. The summed E-state index contributed by atoms with van der Waals surface area (Å²) in [6.07, 6.45) is 0.219. The molecule has 0 aliphatic heterocycles. The predicted octanol–water partition coefficient (Wildman–Crippen LogP) is 2.83. The number of anilines is 1. The molecule has 3 nitrogen and oxygen atoms in total. The van der Waals surface area contributed by atoms with E-state index in [4.69, 9.17) is 5.73 Å². The third kappa shape index (κ3) is 2.20. The summed E-state index contributed by atoms with van der Waals surface area (Å²) in [4.78, 5) is 15.9. The third-order valence-corrected chi connectivity index (χ3v) is 2.56. The molecule has 0 aliphatic rings. The fraction of sp³-hybridized carbons (Fsp3) is 0.0769. The van der Waals surface area contributed by atoms with E-state index in [0.717, 1.165) is 0 Å². The summed E-state index contributed by atoms with van der Waals surface area (Å²) < 4.78 is 25.3.